The molecule has 0 bridgehead atoms. The molecule has 112 valence electrons. The molecule has 3 heterocycles. The molecule has 3 aromatic rings. The van der Waals surface area contributed by atoms with Crippen molar-refractivity contribution in [2.24, 2.45) is 0 Å². The quantitative estimate of drug-likeness (QED) is 0.761. The molecule has 1 fully saturated rings. The Hall–Kier alpha value is -2.63. The van der Waals surface area contributed by atoms with Crippen LogP contribution in [0.15, 0.2) is 30.5 Å². The Labute approximate surface area is 127 Å². The number of amides is 1. The third-order valence-electron chi connectivity index (χ3n) is 4.26. The van der Waals surface area contributed by atoms with Crippen LogP contribution in [0.4, 0.5) is 0 Å². The number of nitrogens with one attached hydrogen (secondary N) is 2. The summed E-state index contributed by atoms with van der Waals surface area (Å²) in [5, 5.41) is 8.00. The van der Waals surface area contributed by atoms with Crippen LogP contribution < -0.4 is 0 Å². The van der Waals surface area contributed by atoms with Gasteiger partial charge in [0.1, 0.15) is 5.82 Å². The van der Waals surface area contributed by atoms with Gasteiger partial charge in [-0.05, 0) is 19.4 Å². The standard InChI is InChI=1S/C16H17N5O/c1-10-8-17-15(18-10)11-6-7-21(9-11)16(22)14-12-4-2-3-5-13(12)19-20-14/h2-5,8,11H,6-7,9H2,1H3,(H,17,18)(H,19,20). The average Bonchev–Trinajstić information content (AvgIpc) is 3.25. The van der Waals surface area contributed by atoms with Crippen LogP contribution in [0.25, 0.3) is 10.9 Å². The van der Waals surface area contributed by atoms with Crippen molar-refractivity contribution < 1.29 is 4.79 Å². The van der Waals surface area contributed by atoms with E-state index in [1.54, 1.807) is 0 Å². The van der Waals surface area contributed by atoms with Crippen LogP contribution >= 0.6 is 0 Å². The summed E-state index contributed by atoms with van der Waals surface area (Å²) < 4.78 is 0. The van der Waals surface area contributed by atoms with E-state index in [0.717, 1.165) is 35.4 Å². The number of nitrogens with zero attached hydrogens (tertiary/aromatic N) is 3. The zero-order chi connectivity index (χ0) is 15.1. The van der Waals surface area contributed by atoms with Gasteiger partial charge in [-0.2, -0.15) is 5.10 Å². The van der Waals surface area contributed by atoms with Crippen LogP contribution in [0.5, 0.6) is 0 Å². The van der Waals surface area contributed by atoms with Crippen molar-refractivity contribution in [1.29, 1.82) is 0 Å². The Morgan fingerprint density at radius 2 is 2.23 bits per heavy atom. The minimum atomic E-state index is -0.0109. The Kier molecular flexibility index (Phi) is 2.96. The minimum absolute atomic E-state index is 0.0109. The molecule has 22 heavy (non-hydrogen) atoms. The van der Waals surface area contributed by atoms with Gasteiger partial charge in [0.2, 0.25) is 0 Å². The van der Waals surface area contributed by atoms with Crippen LogP contribution in [0.3, 0.4) is 0 Å². The van der Waals surface area contributed by atoms with Gasteiger partial charge in [-0.3, -0.25) is 9.89 Å². The molecule has 0 saturated carbocycles. The maximum Gasteiger partial charge on any atom is 0.275 e. The second-order valence-corrected chi connectivity index (χ2v) is 5.81. The highest BCUT2D eigenvalue weighted by Gasteiger charge is 2.31. The third kappa shape index (κ3) is 2.07. The summed E-state index contributed by atoms with van der Waals surface area (Å²) in [5.74, 6) is 1.24. The number of carbonyl (C=O) groups excluding carboxylic acids is 1. The largest absolute Gasteiger partial charge is 0.346 e. The van der Waals surface area contributed by atoms with Crippen LogP contribution in [0.2, 0.25) is 0 Å². The van der Waals surface area contributed by atoms with Crippen LogP contribution in [-0.4, -0.2) is 44.1 Å². The van der Waals surface area contributed by atoms with Crippen molar-refractivity contribution >= 4 is 16.8 Å². The fourth-order valence-corrected chi connectivity index (χ4v) is 3.08. The van der Waals surface area contributed by atoms with Gasteiger partial charge in [0.05, 0.1) is 5.52 Å². The Morgan fingerprint density at radius 1 is 1.36 bits per heavy atom. The highest BCUT2D eigenvalue weighted by atomic mass is 16.2. The number of para-hydroxylation sites is 1. The second kappa shape index (κ2) is 4.98. The molecule has 1 saturated heterocycles. The van der Waals surface area contributed by atoms with Crippen LogP contribution in [-0.2, 0) is 0 Å². The Morgan fingerprint density at radius 3 is 3.05 bits per heavy atom. The van der Waals surface area contributed by atoms with E-state index in [4.69, 9.17) is 0 Å². The normalized spacial score (nSPS) is 18.2. The maximum absolute atomic E-state index is 12.7. The van der Waals surface area contributed by atoms with Crippen molar-refractivity contribution in [3.8, 4) is 0 Å². The summed E-state index contributed by atoms with van der Waals surface area (Å²) in [6, 6.07) is 7.71. The summed E-state index contributed by atoms with van der Waals surface area (Å²) >= 11 is 0. The first-order chi connectivity index (χ1) is 10.7. The van der Waals surface area contributed by atoms with Gasteiger partial charge >= 0.3 is 0 Å². The Bertz CT molecular complexity index is 834. The number of likely N-dealkylation sites (tertiary alicyclic amines) is 1. The molecular weight excluding hydrogens is 278 g/mol. The lowest BCUT2D eigenvalue weighted by Gasteiger charge is -2.14. The molecule has 0 spiro atoms. The van der Waals surface area contributed by atoms with Gasteiger partial charge in [-0.1, -0.05) is 18.2 Å². The topological polar surface area (TPSA) is 77.7 Å². The van der Waals surface area contributed by atoms with E-state index >= 15 is 0 Å². The molecule has 0 radical (unpaired) electrons. The highest BCUT2D eigenvalue weighted by molar-refractivity contribution is 6.04. The monoisotopic (exact) mass is 295 g/mol. The summed E-state index contributed by atoms with van der Waals surface area (Å²) in [5.41, 5.74) is 2.45. The number of carbonyl (C=O) groups is 1. The van der Waals surface area contributed by atoms with E-state index in [0.29, 0.717) is 12.2 Å². The third-order valence-corrected chi connectivity index (χ3v) is 4.26. The number of hydrogen-bond donors (Lipinski definition) is 2. The van der Waals surface area contributed by atoms with Gasteiger partial charge in [-0.15, -0.1) is 0 Å². The van der Waals surface area contributed by atoms with Gasteiger partial charge in [0.25, 0.3) is 5.91 Å². The minimum Gasteiger partial charge on any atom is -0.346 e. The molecule has 2 aromatic heterocycles. The summed E-state index contributed by atoms with van der Waals surface area (Å²) in [6.45, 7) is 3.42. The van der Waals surface area contributed by atoms with Gasteiger partial charge in [-0.25, -0.2) is 4.98 Å². The highest BCUT2D eigenvalue weighted by Crippen LogP contribution is 2.27. The lowest BCUT2D eigenvalue weighted by atomic mass is 10.1. The van der Waals surface area contributed by atoms with E-state index in [1.807, 2.05) is 42.3 Å². The molecule has 6 nitrogen and oxygen atoms in total. The van der Waals surface area contributed by atoms with E-state index in [-0.39, 0.29) is 11.8 Å². The Balaban J connectivity index is 1.57. The zero-order valence-electron chi connectivity index (χ0n) is 12.3. The second-order valence-electron chi connectivity index (χ2n) is 5.81. The first kappa shape index (κ1) is 13.1. The number of aryl methyl sites for hydroxylation is 1. The first-order valence-corrected chi connectivity index (χ1v) is 7.46. The maximum atomic E-state index is 12.7. The molecule has 1 aliphatic heterocycles. The van der Waals surface area contributed by atoms with E-state index in [1.165, 1.54) is 0 Å². The zero-order valence-corrected chi connectivity index (χ0v) is 12.3. The van der Waals surface area contributed by atoms with Crippen molar-refractivity contribution in [3.05, 3.63) is 47.7 Å². The fourth-order valence-electron chi connectivity index (χ4n) is 3.08. The molecule has 1 unspecified atom stereocenters. The number of benzene rings is 1. The number of fused-ring (bicyclic) bond motifs is 1. The van der Waals surface area contributed by atoms with Gasteiger partial charge < -0.3 is 9.88 Å². The number of hydrogen-bond acceptors (Lipinski definition) is 3. The first-order valence-electron chi connectivity index (χ1n) is 7.46. The van der Waals surface area contributed by atoms with Crippen molar-refractivity contribution in [2.45, 2.75) is 19.3 Å². The predicted molar refractivity (Wildman–Crippen MR) is 82.7 cm³/mol. The van der Waals surface area contributed by atoms with Crippen LogP contribution in [0, 0.1) is 6.92 Å². The van der Waals surface area contributed by atoms with Crippen molar-refractivity contribution in [3.63, 3.8) is 0 Å². The molecule has 1 atom stereocenters. The SMILES string of the molecule is Cc1cnc(C2CCN(C(=O)c3n[nH]c4ccccc34)C2)[nH]1. The van der Waals surface area contributed by atoms with E-state index < -0.39 is 0 Å². The molecule has 0 aliphatic carbocycles. The molecule has 1 amide bonds. The van der Waals surface area contributed by atoms with Gasteiger partial charge in [0, 0.05) is 36.3 Å². The van der Waals surface area contributed by atoms with Crippen molar-refractivity contribution in [2.75, 3.05) is 13.1 Å². The predicted octanol–water partition coefficient (Wildman–Crippen LogP) is 2.22. The lowest BCUT2D eigenvalue weighted by molar-refractivity contribution is 0.0786. The van der Waals surface area contributed by atoms with Crippen LogP contribution in [0.1, 0.15) is 34.3 Å². The molecule has 6 heteroatoms. The smallest absolute Gasteiger partial charge is 0.275 e. The molecule has 1 aromatic carbocycles. The number of aromatic amines is 2. The van der Waals surface area contributed by atoms with E-state index in [2.05, 4.69) is 20.2 Å². The number of imidazole rings is 1. The number of rotatable bonds is 2. The van der Waals surface area contributed by atoms with Gasteiger partial charge in [0.15, 0.2) is 5.69 Å². The summed E-state index contributed by atoms with van der Waals surface area (Å²) in [7, 11) is 0. The molecular formula is C16H17N5O. The van der Waals surface area contributed by atoms with Crippen molar-refractivity contribution in [1.82, 2.24) is 25.1 Å². The lowest BCUT2D eigenvalue weighted by Crippen LogP contribution is -2.29. The summed E-state index contributed by atoms with van der Waals surface area (Å²) in [6.07, 6.45) is 2.77. The number of aromatic nitrogens is 4. The summed E-state index contributed by atoms with van der Waals surface area (Å²) in [4.78, 5) is 22.2. The molecule has 4 rings (SSSR count). The fraction of sp³-hybridized carbons (Fsp3) is 0.312. The molecule has 1 aliphatic rings. The average molecular weight is 295 g/mol. The molecule has 2 N–H and O–H groups in total. The van der Waals surface area contributed by atoms with E-state index in [9.17, 15) is 4.79 Å². The number of H-pyrrole nitrogens is 2.